The Balaban J connectivity index is 2.37. The molecule has 0 aliphatic rings. The van der Waals surface area contributed by atoms with Crippen molar-refractivity contribution in [1.29, 1.82) is 0 Å². The van der Waals surface area contributed by atoms with Gasteiger partial charge >= 0.3 is 0 Å². The Hall–Kier alpha value is -2.15. The highest BCUT2D eigenvalue weighted by Crippen LogP contribution is 2.29. The van der Waals surface area contributed by atoms with Gasteiger partial charge in [0.15, 0.2) is 0 Å². The molecule has 0 radical (unpaired) electrons. The molecule has 3 aromatic rings. The Bertz CT molecular complexity index is 659. The summed E-state index contributed by atoms with van der Waals surface area (Å²) in [7, 11) is 0. The van der Waals surface area contributed by atoms with Crippen LogP contribution in [0.25, 0.3) is 21.5 Å². The van der Waals surface area contributed by atoms with Crippen LogP contribution in [0.15, 0.2) is 54.6 Å². The molecule has 0 saturated carbocycles. The average molecular weight is 234 g/mol. The first-order valence-corrected chi connectivity index (χ1v) is 6.23. The smallest absolute Gasteiger partial charge is 0.120 e. The Morgan fingerprint density at radius 2 is 1.39 bits per heavy atom. The minimum atomic E-state index is 0.581. The van der Waals surface area contributed by atoms with Gasteiger partial charge in [-0.05, 0) is 39.6 Å². The maximum atomic E-state index is 10.7. The largest absolute Gasteiger partial charge is 0.303 e. The molecule has 0 atom stereocenters. The lowest BCUT2D eigenvalue weighted by molar-refractivity contribution is -0.107. The first kappa shape index (κ1) is 11.0. The molecule has 0 fully saturated rings. The number of benzene rings is 3. The minimum absolute atomic E-state index is 0.581. The van der Waals surface area contributed by atoms with Gasteiger partial charge in [-0.3, -0.25) is 0 Å². The summed E-state index contributed by atoms with van der Waals surface area (Å²) in [5.74, 6) is 0. The Morgan fingerprint density at radius 1 is 0.833 bits per heavy atom. The maximum absolute atomic E-state index is 10.7. The number of aryl methyl sites for hydroxylation is 1. The second-order valence-corrected chi connectivity index (χ2v) is 4.50. The van der Waals surface area contributed by atoms with Crippen molar-refractivity contribution >= 4 is 27.8 Å². The van der Waals surface area contributed by atoms with Crippen LogP contribution in [-0.2, 0) is 11.2 Å². The second kappa shape index (κ2) is 4.61. The summed E-state index contributed by atoms with van der Waals surface area (Å²) >= 11 is 0. The summed E-state index contributed by atoms with van der Waals surface area (Å²) in [6, 6.07) is 19.0. The third kappa shape index (κ3) is 1.78. The van der Waals surface area contributed by atoms with Crippen molar-refractivity contribution in [3.05, 3.63) is 60.2 Å². The Labute approximate surface area is 106 Å². The molecule has 18 heavy (non-hydrogen) atoms. The van der Waals surface area contributed by atoms with Crippen LogP contribution in [0.2, 0.25) is 0 Å². The molecule has 3 aromatic carbocycles. The van der Waals surface area contributed by atoms with E-state index in [1.807, 2.05) is 0 Å². The fourth-order valence-corrected chi connectivity index (χ4v) is 2.58. The average Bonchev–Trinajstić information content (AvgIpc) is 2.43. The zero-order chi connectivity index (χ0) is 12.4. The highest BCUT2D eigenvalue weighted by atomic mass is 16.1. The van der Waals surface area contributed by atoms with Crippen LogP contribution in [0.4, 0.5) is 0 Å². The summed E-state index contributed by atoms with van der Waals surface area (Å²) in [6.07, 6.45) is 2.39. The van der Waals surface area contributed by atoms with E-state index >= 15 is 0 Å². The molecular formula is C17H14O. The highest BCUT2D eigenvalue weighted by Gasteiger charge is 2.06. The number of carbonyl (C=O) groups is 1. The molecule has 0 spiro atoms. The Morgan fingerprint density at radius 3 is 1.94 bits per heavy atom. The molecule has 0 aliphatic carbocycles. The van der Waals surface area contributed by atoms with E-state index < -0.39 is 0 Å². The van der Waals surface area contributed by atoms with Crippen molar-refractivity contribution in [3.63, 3.8) is 0 Å². The molecular weight excluding hydrogens is 220 g/mol. The van der Waals surface area contributed by atoms with E-state index in [1.54, 1.807) is 0 Å². The van der Waals surface area contributed by atoms with Gasteiger partial charge in [-0.2, -0.15) is 0 Å². The molecule has 1 heteroatoms. The zero-order valence-corrected chi connectivity index (χ0v) is 10.1. The summed E-state index contributed by atoms with van der Waals surface area (Å²) in [4.78, 5) is 10.7. The molecule has 0 amide bonds. The second-order valence-electron chi connectivity index (χ2n) is 4.50. The first-order chi connectivity index (χ1) is 8.90. The van der Waals surface area contributed by atoms with Crippen molar-refractivity contribution in [2.75, 3.05) is 0 Å². The van der Waals surface area contributed by atoms with Gasteiger partial charge in [0.05, 0.1) is 0 Å². The van der Waals surface area contributed by atoms with E-state index in [-0.39, 0.29) is 0 Å². The summed E-state index contributed by atoms with van der Waals surface area (Å²) < 4.78 is 0. The van der Waals surface area contributed by atoms with Crippen molar-refractivity contribution < 1.29 is 4.79 Å². The third-order valence-corrected chi connectivity index (χ3v) is 3.40. The fourth-order valence-electron chi connectivity index (χ4n) is 2.58. The van der Waals surface area contributed by atoms with Gasteiger partial charge in [0.25, 0.3) is 0 Å². The van der Waals surface area contributed by atoms with Crippen molar-refractivity contribution in [2.24, 2.45) is 0 Å². The summed E-state index contributed by atoms with van der Waals surface area (Å²) in [5, 5.41) is 5.02. The van der Waals surface area contributed by atoms with Gasteiger partial charge in [-0.25, -0.2) is 0 Å². The molecule has 3 rings (SSSR count). The maximum Gasteiger partial charge on any atom is 0.120 e. The molecule has 0 aromatic heterocycles. The fraction of sp³-hybridized carbons (Fsp3) is 0.118. The van der Waals surface area contributed by atoms with Gasteiger partial charge in [-0.1, -0.05) is 48.5 Å². The van der Waals surface area contributed by atoms with E-state index in [1.165, 1.54) is 27.1 Å². The van der Waals surface area contributed by atoms with Crippen LogP contribution in [0.3, 0.4) is 0 Å². The van der Waals surface area contributed by atoms with Crippen molar-refractivity contribution in [3.8, 4) is 0 Å². The predicted octanol–water partition coefficient (Wildman–Crippen LogP) is 4.12. The summed E-state index contributed by atoms with van der Waals surface area (Å²) in [5.41, 5.74) is 1.29. The van der Waals surface area contributed by atoms with Crippen molar-refractivity contribution in [1.82, 2.24) is 0 Å². The molecule has 0 N–H and O–H groups in total. The standard InChI is InChI=1S/C17H14O/c18-11-5-10-17-15-8-3-1-6-13(15)12-14-7-2-4-9-16(14)17/h1-4,6-9,11-12H,5,10H2. The first-order valence-electron chi connectivity index (χ1n) is 6.23. The van der Waals surface area contributed by atoms with Crippen LogP contribution in [-0.4, -0.2) is 6.29 Å². The van der Waals surface area contributed by atoms with Crippen molar-refractivity contribution in [2.45, 2.75) is 12.8 Å². The third-order valence-electron chi connectivity index (χ3n) is 3.40. The van der Waals surface area contributed by atoms with Gasteiger partial charge < -0.3 is 4.79 Å². The number of rotatable bonds is 3. The van der Waals surface area contributed by atoms with Crippen LogP contribution in [0.1, 0.15) is 12.0 Å². The lowest BCUT2D eigenvalue weighted by atomic mass is 9.94. The number of carbonyl (C=O) groups excluding carboxylic acids is 1. The molecule has 0 heterocycles. The molecule has 88 valence electrons. The zero-order valence-electron chi connectivity index (χ0n) is 10.1. The quantitative estimate of drug-likeness (QED) is 0.492. The minimum Gasteiger partial charge on any atom is -0.303 e. The number of fused-ring (bicyclic) bond motifs is 2. The van der Waals surface area contributed by atoms with E-state index in [9.17, 15) is 4.79 Å². The van der Waals surface area contributed by atoms with Crippen LogP contribution in [0, 0.1) is 0 Å². The number of hydrogen-bond acceptors (Lipinski definition) is 1. The van der Waals surface area contributed by atoms with Crippen LogP contribution in [0.5, 0.6) is 0 Å². The van der Waals surface area contributed by atoms with E-state index in [4.69, 9.17) is 0 Å². The lowest BCUT2D eigenvalue weighted by Gasteiger charge is -2.10. The topological polar surface area (TPSA) is 17.1 Å². The lowest BCUT2D eigenvalue weighted by Crippen LogP contribution is -1.91. The number of hydrogen-bond donors (Lipinski definition) is 0. The van der Waals surface area contributed by atoms with Gasteiger partial charge in [0.2, 0.25) is 0 Å². The Kier molecular flexibility index (Phi) is 2.81. The molecule has 0 saturated heterocycles. The molecule has 1 nitrogen and oxygen atoms in total. The van der Waals surface area contributed by atoms with Crippen LogP contribution < -0.4 is 0 Å². The highest BCUT2D eigenvalue weighted by molar-refractivity contribution is 6.02. The van der Waals surface area contributed by atoms with Gasteiger partial charge in [0, 0.05) is 6.42 Å². The molecule has 0 unspecified atom stereocenters. The molecule has 0 aliphatic heterocycles. The normalized spacial score (nSPS) is 10.9. The summed E-state index contributed by atoms with van der Waals surface area (Å²) in [6.45, 7) is 0. The monoisotopic (exact) mass is 234 g/mol. The van der Waals surface area contributed by atoms with E-state index in [2.05, 4.69) is 54.6 Å². The van der Waals surface area contributed by atoms with Gasteiger partial charge in [-0.15, -0.1) is 0 Å². The van der Waals surface area contributed by atoms with E-state index in [0.29, 0.717) is 6.42 Å². The number of aldehydes is 1. The van der Waals surface area contributed by atoms with Gasteiger partial charge in [0.1, 0.15) is 6.29 Å². The SMILES string of the molecule is O=CCCc1c2ccccc2cc2ccccc12. The van der Waals surface area contributed by atoms with E-state index in [0.717, 1.165) is 12.7 Å². The van der Waals surface area contributed by atoms with Crippen LogP contribution >= 0.6 is 0 Å². The molecule has 0 bridgehead atoms. The predicted molar refractivity (Wildman–Crippen MR) is 75.8 cm³/mol.